The number of piperazine rings is 1. The first-order chi connectivity index (χ1) is 9.50. The van der Waals surface area contributed by atoms with E-state index in [4.69, 9.17) is 0 Å². The van der Waals surface area contributed by atoms with Gasteiger partial charge in [-0.2, -0.15) is 11.8 Å². The molecule has 2 aliphatic rings. The highest BCUT2D eigenvalue weighted by Gasteiger charge is 2.42. The van der Waals surface area contributed by atoms with Gasteiger partial charge in [0.2, 0.25) is 0 Å². The van der Waals surface area contributed by atoms with Crippen molar-refractivity contribution in [1.82, 2.24) is 10.2 Å². The fourth-order valence-corrected chi connectivity index (χ4v) is 5.23. The largest absolute Gasteiger partial charge is 0.309 e. The summed E-state index contributed by atoms with van der Waals surface area (Å²) in [6.07, 6.45) is 5.51. The Labute approximate surface area is 130 Å². The summed E-state index contributed by atoms with van der Waals surface area (Å²) < 4.78 is 0. The average molecular weight is 299 g/mol. The van der Waals surface area contributed by atoms with Gasteiger partial charge in [0.25, 0.3) is 0 Å². The van der Waals surface area contributed by atoms with Crippen LogP contribution in [0, 0.1) is 5.92 Å². The summed E-state index contributed by atoms with van der Waals surface area (Å²) in [6.45, 7) is 14.2. The SMILES string of the molecule is CCSC1CCCC1N1CC(C)(CC)NCC1C(C)C. The fraction of sp³-hybridized carbons (Fsp3) is 1.00. The fourth-order valence-electron chi connectivity index (χ4n) is 3.96. The van der Waals surface area contributed by atoms with E-state index in [1.165, 1.54) is 44.5 Å². The zero-order valence-corrected chi connectivity index (χ0v) is 14.9. The first-order valence-corrected chi connectivity index (χ1v) is 9.68. The van der Waals surface area contributed by atoms with Gasteiger partial charge in [0.1, 0.15) is 0 Å². The van der Waals surface area contributed by atoms with Gasteiger partial charge in [-0.15, -0.1) is 0 Å². The third kappa shape index (κ3) is 3.53. The molecule has 1 heterocycles. The minimum absolute atomic E-state index is 0.315. The van der Waals surface area contributed by atoms with Crippen LogP contribution in [0.25, 0.3) is 0 Å². The second-order valence-corrected chi connectivity index (χ2v) is 8.79. The maximum atomic E-state index is 3.83. The first-order valence-electron chi connectivity index (χ1n) is 8.63. The van der Waals surface area contributed by atoms with E-state index in [0.29, 0.717) is 5.54 Å². The van der Waals surface area contributed by atoms with Crippen LogP contribution in [0.4, 0.5) is 0 Å². The molecule has 1 saturated carbocycles. The summed E-state index contributed by atoms with van der Waals surface area (Å²) in [7, 11) is 0. The van der Waals surface area contributed by atoms with Gasteiger partial charge in [0.05, 0.1) is 0 Å². The number of hydrogen-bond donors (Lipinski definition) is 1. The Morgan fingerprint density at radius 1 is 1.30 bits per heavy atom. The molecule has 118 valence electrons. The zero-order valence-electron chi connectivity index (χ0n) is 14.1. The molecule has 2 nitrogen and oxygen atoms in total. The highest BCUT2D eigenvalue weighted by molar-refractivity contribution is 7.99. The Balaban J connectivity index is 2.14. The van der Waals surface area contributed by atoms with Crippen molar-refractivity contribution >= 4 is 11.8 Å². The molecule has 2 rings (SSSR count). The molecule has 0 bridgehead atoms. The highest BCUT2D eigenvalue weighted by atomic mass is 32.2. The van der Waals surface area contributed by atoms with E-state index >= 15 is 0 Å². The van der Waals surface area contributed by atoms with Gasteiger partial charge in [-0.25, -0.2) is 0 Å². The molecule has 1 aliphatic heterocycles. The standard InChI is InChI=1S/C17H34N2S/c1-6-17(5)12-19(15(11-18-17)13(3)4)14-9-8-10-16(14)20-7-2/h13-16,18H,6-12H2,1-5H3. The summed E-state index contributed by atoms with van der Waals surface area (Å²) >= 11 is 2.20. The molecule has 0 aromatic rings. The van der Waals surface area contributed by atoms with Crippen LogP contribution in [0.3, 0.4) is 0 Å². The van der Waals surface area contributed by atoms with Crippen molar-refractivity contribution in [2.24, 2.45) is 5.92 Å². The maximum Gasteiger partial charge on any atom is 0.0278 e. The van der Waals surface area contributed by atoms with E-state index in [-0.39, 0.29) is 0 Å². The Hall–Kier alpha value is 0.270. The Morgan fingerprint density at radius 3 is 2.65 bits per heavy atom. The Kier molecular flexibility index (Phi) is 5.84. The van der Waals surface area contributed by atoms with E-state index in [2.05, 4.69) is 56.6 Å². The van der Waals surface area contributed by atoms with Gasteiger partial charge in [-0.05, 0) is 37.9 Å². The minimum atomic E-state index is 0.315. The number of rotatable bonds is 5. The normalized spacial score (nSPS) is 39.6. The minimum Gasteiger partial charge on any atom is -0.309 e. The first kappa shape index (κ1) is 16.6. The van der Waals surface area contributed by atoms with Crippen LogP contribution in [-0.4, -0.2) is 46.6 Å². The summed E-state index contributed by atoms with van der Waals surface area (Å²) in [5.74, 6) is 2.02. The second kappa shape index (κ2) is 7.02. The second-order valence-electron chi connectivity index (χ2n) is 7.27. The molecule has 2 fully saturated rings. The summed E-state index contributed by atoms with van der Waals surface area (Å²) in [6, 6.07) is 1.54. The van der Waals surface area contributed by atoms with Crippen LogP contribution in [0.15, 0.2) is 0 Å². The maximum absolute atomic E-state index is 3.83. The predicted molar refractivity (Wildman–Crippen MR) is 91.6 cm³/mol. The van der Waals surface area contributed by atoms with E-state index < -0.39 is 0 Å². The van der Waals surface area contributed by atoms with Crippen LogP contribution in [0.5, 0.6) is 0 Å². The molecular formula is C17H34N2S. The monoisotopic (exact) mass is 298 g/mol. The molecule has 0 aromatic carbocycles. The Morgan fingerprint density at radius 2 is 2.05 bits per heavy atom. The van der Waals surface area contributed by atoms with E-state index in [1.54, 1.807) is 0 Å². The molecule has 3 heteroatoms. The number of nitrogens with zero attached hydrogens (tertiary/aromatic N) is 1. The molecule has 0 amide bonds. The number of thioether (sulfide) groups is 1. The zero-order chi connectivity index (χ0) is 14.8. The van der Waals surface area contributed by atoms with Crippen LogP contribution < -0.4 is 5.32 Å². The lowest BCUT2D eigenvalue weighted by atomic mass is 9.88. The van der Waals surface area contributed by atoms with E-state index in [1.807, 2.05) is 0 Å². The van der Waals surface area contributed by atoms with Crippen LogP contribution in [0.1, 0.15) is 60.3 Å². The van der Waals surface area contributed by atoms with Crippen molar-refractivity contribution in [3.05, 3.63) is 0 Å². The van der Waals surface area contributed by atoms with Gasteiger partial charge in [-0.3, -0.25) is 4.90 Å². The molecule has 1 N–H and O–H groups in total. The molecule has 0 spiro atoms. The molecule has 4 atom stereocenters. The molecule has 4 unspecified atom stereocenters. The molecule has 1 saturated heterocycles. The van der Waals surface area contributed by atoms with Gasteiger partial charge >= 0.3 is 0 Å². The van der Waals surface area contributed by atoms with Crippen molar-refractivity contribution in [3.8, 4) is 0 Å². The van der Waals surface area contributed by atoms with Crippen molar-refractivity contribution in [1.29, 1.82) is 0 Å². The lowest BCUT2D eigenvalue weighted by Crippen LogP contribution is -2.66. The number of nitrogens with one attached hydrogen (secondary N) is 1. The Bertz CT molecular complexity index is 307. The number of hydrogen-bond acceptors (Lipinski definition) is 3. The van der Waals surface area contributed by atoms with Crippen LogP contribution in [0.2, 0.25) is 0 Å². The van der Waals surface area contributed by atoms with Crippen molar-refractivity contribution in [3.63, 3.8) is 0 Å². The summed E-state index contributed by atoms with van der Waals surface area (Å²) in [5.41, 5.74) is 0.315. The molecule has 0 radical (unpaired) electrons. The lowest BCUT2D eigenvalue weighted by Gasteiger charge is -2.51. The van der Waals surface area contributed by atoms with Gasteiger partial charge in [-0.1, -0.05) is 34.1 Å². The summed E-state index contributed by atoms with van der Waals surface area (Å²) in [5, 5.41) is 4.70. The van der Waals surface area contributed by atoms with Crippen molar-refractivity contribution in [2.75, 3.05) is 18.8 Å². The third-order valence-electron chi connectivity index (χ3n) is 5.47. The van der Waals surface area contributed by atoms with Crippen molar-refractivity contribution in [2.45, 2.75) is 83.2 Å². The topological polar surface area (TPSA) is 15.3 Å². The van der Waals surface area contributed by atoms with E-state index in [9.17, 15) is 0 Å². The molecule has 0 aromatic heterocycles. The van der Waals surface area contributed by atoms with E-state index in [0.717, 1.165) is 23.3 Å². The van der Waals surface area contributed by atoms with Gasteiger partial charge < -0.3 is 5.32 Å². The predicted octanol–water partition coefficient (Wildman–Crippen LogP) is 3.76. The molecule has 20 heavy (non-hydrogen) atoms. The molecular weight excluding hydrogens is 264 g/mol. The van der Waals surface area contributed by atoms with Crippen molar-refractivity contribution < 1.29 is 0 Å². The third-order valence-corrected chi connectivity index (χ3v) is 6.78. The quantitative estimate of drug-likeness (QED) is 0.832. The van der Waals surface area contributed by atoms with Gasteiger partial charge in [0.15, 0.2) is 0 Å². The van der Waals surface area contributed by atoms with Crippen LogP contribution in [-0.2, 0) is 0 Å². The summed E-state index contributed by atoms with van der Waals surface area (Å²) in [4.78, 5) is 2.89. The van der Waals surface area contributed by atoms with Gasteiger partial charge in [0, 0.05) is 36.0 Å². The molecule has 1 aliphatic carbocycles. The average Bonchev–Trinajstić information content (AvgIpc) is 2.87. The lowest BCUT2D eigenvalue weighted by molar-refractivity contribution is 0.0281. The van der Waals surface area contributed by atoms with Crippen LogP contribution >= 0.6 is 11.8 Å². The highest BCUT2D eigenvalue weighted by Crippen LogP contribution is 2.37. The smallest absolute Gasteiger partial charge is 0.0278 e.